The van der Waals surface area contributed by atoms with E-state index < -0.39 is 10.0 Å². The van der Waals surface area contributed by atoms with Crippen LogP contribution in [-0.4, -0.2) is 73.7 Å². The molecule has 0 radical (unpaired) electrons. The van der Waals surface area contributed by atoms with Crippen LogP contribution in [0.25, 0.3) is 0 Å². The van der Waals surface area contributed by atoms with Gasteiger partial charge in [0, 0.05) is 44.3 Å². The Labute approximate surface area is 173 Å². The SMILES string of the molecule is C[C@H]1C[C@H](C)CN(C(=O)[C@@H](C)N2CCN(S(=O)(=O)c3cccc(Cl)c3)CC2)C1. The highest BCUT2D eigenvalue weighted by Gasteiger charge is 2.34. The largest absolute Gasteiger partial charge is 0.341 e. The number of rotatable bonds is 4. The Hall–Kier alpha value is -1.15. The molecule has 1 amide bonds. The van der Waals surface area contributed by atoms with Gasteiger partial charge < -0.3 is 4.90 Å². The molecule has 1 aromatic rings. The lowest BCUT2D eigenvalue weighted by Gasteiger charge is -2.41. The van der Waals surface area contributed by atoms with Crippen LogP contribution in [0.4, 0.5) is 0 Å². The molecule has 3 atom stereocenters. The summed E-state index contributed by atoms with van der Waals surface area (Å²) >= 11 is 5.95. The molecule has 6 nitrogen and oxygen atoms in total. The van der Waals surface area contributed by atoms with Gasteiger partial charge in [0.1, 0.15) is 0 Å². The smallest absolute Gasteiger partial charge is 0.243 e. The van der Waals surface area contributed by atoms with Crippen LogP contribution in [0.2, 0.25) is 5.02 Å². The van der Waals surface area contributed by atoms with Crippen molar-refractivity contribution in [3.63, 3.8) is 0 Å². The van der Waals surface area contributed by atoms with Crippen molar-refractivity contribution in [1.29, 1.82) is 0 Å². The van der Waals surface area contributed by atoms with E-state index in [0.717, 1.165) is 19.5 Å². The number of piperidine rings is 1. The summed E-state index contributed by atoms with van der Waals surface area (Å²) in [5.41, 5.74) is 0. The molecule has 3 rings (SSSR count). The molecule has 0 aliphatic carbocycles. The molecule has 2 saturated heterocycles. The van der Waals surface area contributed by atoms with Crippen LogP contribution in [0, 0.1) is 11.8 Å². The highest BCUT2D eigenvalue weighted by Crippen LogP contribution is 2.24. The molecule has 156 valence electrons. The van der Waals surface area contributed by atoms with E-state index in [9.17, 15) is 13.2 Å². The molecule has 8 heteroatoms. The van der Waals surface area contributed by atoms with Gasteiger partial charge in [0.15, 0.2) is 0 Å². The van der Waals surface area contributed by atoms with Gasteiger partial charge in [-0.05, 0) is 43.4 Å². The fourth-order valence-electron chi connectivity index (χ4n) is 4.37. The van der Waals surface area contributed by atoms with E-state index in [1.807, 2.05) is 11.8 Å². The molecule has 0 N–H and O–H groups in total. The molecule has 2 heterocycles. The molecule has 2 aliphatic heterocycles. The molecule has 0 aromatic heterocycles. The zero-order chi connectivity index (χ0) is 20.5. The van der Waals surface area contributed by atoms with Gasteiger partial charge in [0.2, 0.25) is 15.9 Å². The van der Waals surface area contributed by atoms with Gasteiger partial charge in [0.25, 0.3) is 0 Å². The number of carbonyl (C=O) groups excluding carboxylic acids is 1. The van der Waals surface area contributed by atoms with Crippen molar-refractivity contribution in [3.05, 3.63) is 29.3 Å². The number of hydrogen-bond acceptors (Lipinski definition) is 4. The van der Waals surface area contributed by atoms with Crippen molar-refractivity contribution >= 4 is 27.5 Å². The molecule has 1 aromatic carbocycles. The van der Waals surface area contributed by atoms with E-state index in [1.165, 1.54) is 10.4 Å². The summed E-state index contributed by atoms with van der Waals surface area (Å²) in [5.74, 6) is 1.21. The first-order valence-electron chi connectivity index (χ1n) is 9.97. The summed E-state index contributed by atoms with van der Waals surface area (Å²) < 4.78 is 27.2. The summed E-state index contributed by atoms with van der Waals surface area (Å²) in [4.78, 5) is 17.3. The number of piperazine rings is 1. The number of hydrogen-bond donors (Lipinski definition) is 0. The van der Waals surface area contributed by atoms with Crippen LogP contribution in [-0.2, 0) is 14.8 Å². The Morgan fingerprint density at radius 1 is 1.11 bits per heavy atom. The van der Waals surface area contributed by atoms with E-state index in [0.29, 0.717) is 43.0 Å². The maximum Gasteiger partial charge on any atom is 0.243 e. The number of likely N-dealkylation sites (tertiary alicyclic amines) is 1. The van der Waals surface area contributed by atoms with Crippen molar-refractivity contribution in [2.24, 2.45) is 11.8 Å². The number of benzene rings is 1. The van der Waals surface area contributed by atoms with Gasteiger partial charge in [-0.3, -0.25) is 9.69 Å². The average Bonchev–Trinajstić information content (AvgIpc) is 2.66. The minimum atomic E-state index is -3.56. The molecular weight excluding hydrogens is 398 g/mol. The molecule has 2 fully saturated rings. The van der Waals surface area contributed by atoms with Gasteiger partial charge in [-0.25, -0.2) is 8.42 Å². The van der Waals surface area contributed by atoms with E-state index in [4.69, 9.17) is 11.6 Å². The fraction of sp³-hybridized carbons (Fsp3) is 0.650. The van der Waals surface area contributed by atoms with Crippen molar-refractivity contribution in [2.75, 3.05) is 39.3 Å². The van der Waals surface area contributed by atoms with Crippen molar-refractivity contribution < 1.29 is 13.2 Å². The van der Waals surface area contributed by atoms with Gasteiger partial charge in [-0.1, -0.05) is 31.5 Å². The quantitative estimate of drug-likeness (QED) is 0.740. The van der Waals surface area contributed by atoms with Crippen molar-refractivity contribution in [3.8, 4) is 0 Å². The summed E-state index contributed by atoms with van der Waals surface area (Å²) in [6, 6.07) is 6.13. The summed E-state index contributed by atoms with van der Waals surface area (Å²) in [6.45, 7) is 9.80. The predicted octanol–water partition coefficient (Wildman–Crippen LogP) is 2.54. The lowest BCUT2D eigenvalue weighted by atomic mass is 9.91. The lowest BCUT2D eigenvalue weighted by molar-refractivity contribution is -0.139. The second-order valence-electron chi connectivity index (χ2n) is 8.26. The average molecular weight is 428 g/mol. The third kappa shape index (κ3) is 4.70. The molecular formula is C20H30ClN3O3S. The van der Waals surface area contributed by atoms with E-state index >= 15 is 0 Å². The van der Waals surface area contributed by atoms with Crippen LogP contribution in [0.1, 0.15) is 27.2 Å². The zero-order valence-corrected chi connectivity index (χ0v) is 18.4. The number of halogens is 1. The minimum absolute atomic E-state index is 0.157. The van der Waals surface area contributed by atoms with Crippen LogP contribution >= 0.6 is 11.6 Å². The number of amides is 1. The summed E-state index contributed by atoms with van der Waals surface area (Å²) in [7, 11) is -3.56. The normalized spacial score (nSPS) is 26.2. The first-order valence-corrected chi connectivity index (χ1v) is 11.8. The predicted molar refractivity (Wildman–Crippen MR) is 111 cm³/mol. The molecule has 2 aliphatic rings. The van der Waals surface area contributed by atoms with Gasteiger partial charge in [-0.2, -0.15) is 4.31 Å². The molecule has 0 spiro atoms. The van der Waals surface area contributed by atoms with E-state index in [2.05, 4.69) is 18.7 Å². The monoisotopic (exact) mass is 427 g/mol. The topological polar surface area (TPSA) is 60.9 Å². The Kier molecular flexibility index (Phi) is 6.69. The number of nitrogens with zero attached hydrogens (tertiary/aromatic N) is 3. The molecule has 0 bridgehead atoms. The van der Waals surface area contributed by atoms with Crippen LogP contribution in [0.5, 0.6) is 0 Å². The van der Waals surface area contributed by atoms with Crippen LogP contribution < -0.4 is 0 Å². The number of carbonyl (C=O) groups is 1. The number of sulfonamides is 1. The summed E-state index contributed by atoms with van der Waals surface area (Å²) in [5, 5.41) is 0.406. The lowest BCUT2D eigenvalue weighted by Crippen LogP contribution is -2.56. The van der Waals surface area contributed by atoms with Crippen LogP contribution in [0.15, 0.2) is 29.2 Å². The second kappa shape index (κ2) is 8.69. The standard InChI is InChI=1S/C20H30ClN3O3S/c1-15-11-16(2)14-23(13-15)20(25)17(3)22-7-9-24(10-8-22)28(26,27)19-6-4-5-18(21)12-19/h4-6,12,15-17H,7-11,13-14H2,1-3H3/t15-,16-,17+/m0/s1. The Bertz CT molecular complexity index is 799. The van der Waals surface area contributed by atoms with E-state index in [-0.39, 0.29) is 16.8 Å². The molecule has 28 heavy (non-hydrogen) atoms. The van der Waals surface area contributed by atoms with Crippen molar-refractivity contribution in [1.82, 2.24) is 14.1 Å². The van der Waals surface area contributed by atoms with Gasteiger partial charge in [-0.15, -0.1) is 0 Å². The Morgan fingerprint density at radius 3 is 2.29 bits per heavy atom. The third-order valence-electron chi connectivity index (χ3n) is 5.79. The van der Waals surface area contributed by atoms with Crippen LogP contribution in [0.3, 0.4) is 0 Å². The first-order chi connectivity index (χ1) is 13.2. The summed E-state index contributed by atoms with van der Waals surface area (Å²) in [6.07, 6.45) is 1.16. The minimum Gasteiger partial charge on any atom is -0.341 e. The maximum absolute atomic E-state index is 13.0. The second-order valence-corrected chi connectivity index (χ2v) is 10.6. The zero-order valence-electron chi connectivity index (χ0n) is 16.8. The Balaban J connectivity index is 1.61. The fourth-order valence-corrected chi connectivity index (χ4v) is 6.09. The molecule has 0 saturated carbocycles. The van der Waals surface area contributed by atoms with E-state index in [1.54, 1.807) is 18.2 Å². The van der Waals surface area contributed by atoms with Gasteiger partial charge in [0.05, 0.1) is 10.9 Å². The molecule has 0 unspecified atom stereocenters. The highest BCUT2D eigenvalue weighted by atomic mass is 35.5. The third-order valence-corrected chi connectivity index (χ3v) is 7.92. The first kappa shape index (κ1) is 21.6. The maximum atomic E-state index is 13.0. The van der Waals surface area contributed by atoms with Gasteiger partial charge >= 0.3 is 0 Å². The van der Waals surface area contributed by atoms with Crippen molar-refractivity contribution in [2.45, 2.75) is 38.1 Å². The highest BCUT2D eigenvalue weighted by molar-refractivity contribution is 7.89. The Morgan fingerprint density at radius 2 is 1.71 bits per heavy atom.